The van der Waals surface area contributed by atoms with Gasteiger partial charge in [-0.1, -0.05) is 165 Å². The van der Waals surface area contributed by atoms with E-state index in [1.165, 1.54) is 101 Å². The Balaban J connectivity index is 0.998. The minimum Gasteiger partial charge on any atom is -0.311 e. The van der Waals surface area contributed by atoms with E-state index in [0.717, 1.165) is 35.3 Å². The molecular formula is C62H53NS. The Morgan fingerprint density at radius 3 is 1.55 bits per heavy atom. The second-order valence-corrected chi connectivity index (χ2v) is 21.0. The van der Waals surface area contributed by atoms with Gasteiger partial charge in [-0.2, -0.15) is 0 Å². The normalized spacial score (nSPS) is 16.8. The van der Waals surface area contributed by atoms with Crippen LogP contribution >= 0.6 is 10.0 Å². The molecule has 11 rings (SSSR count). The molecular weight excluding hydrogens is 791 g/mol. The number of anilines is 3. The lowest BCUT2D eigenvalue weighted by Crippen LogP contribution is -2.15. The summed E-state index contributed by atoms with van der Waals surface area (Å²) in [5.74, 6) is 1.48. The summed E-state index contributed by atoms with van der Waals surface area (Å²) in [5, 5.41) is 2.53. The first-order chi connectivity index (χ1) is 31.5. The molecule has 312 valence electrons. The molecule has 2 aliphatic rings. The zero-order valence-electron chi connectivity index (χ0n) is 36.5. The van der Waals surface area contributed by atoms with Crippen LogP contribution in [0, 0.1) is 11.8 Å². The smallest absolute Gasteiger partial charge is 0.0462 e. The molecule has 0 radical (unpaired) electrons. The number of allylic oxidation sites excluding steroid dienone is 1. The Morgan fingerprint density at radius 2 is 0.953 bits per heavy atom. The Labute approximate surface area is 380 Å². The first-order valence-electron chi connectivity index (χ1n) is 22.9. The summed E-state index contributed by atoms with van der Waals surface area (Å²) in [7, 11) is -1.74. The number of rotatable bonds is 10. The maximum Gasteiger partial charge on any atom is 0.0462 e. The number of aryl methyl sites for hydroxylation is 1. The van der Waals surface area contributed by atoms with E-state index in [2.05, 4.69) is 237 Å². The largest absolute Gasteiger partial charge is 0.311 e. The minimum absolute atomic E-state index is 0.732. The molecule has 0 bridgehead atoms. The Morgan fingerprint density at radius 1 is 0.469 bits per heavy atom. The van der Waals surface area contributed by atoms with E-state index >= 15 is 0 Å². The van der Waals surface area contributed by atoms with Crippen molar-refractivity contribution in [3.05, 3.63) is 236 Å². The Bertz CT molecular complexity index is 3050. The highest BCUT2D eigenvalue weighted by atomic mass is 32.3. The van der Waals surface area contributed by atoms with Crippen LogP contribution in [0.5, 0.6) is 0 Å². The molecule has 9 aromatic rings. The summed E-state index contributed by atoms with van der Waals surface area (Å²) in [6.45, 7) is 6.76. The molecule has 1 aliphatic carbocycles. The van der Waals surface area contributed by atoms with Crippen molar-refractivity contribution in [1.82, 2.24) is 0 Å². The standard InChI is InChI=1S/C62H53NS/c1-44-41-45(2)43-47(42-44)28-27-46-29-33-51(34-30-46)63(52-35-31-49(32-36-52)57-24-14-18-50-17-13-23-56(62(50)57)48-15-5-3-6-16-48)53-37-39-55(40-38-53)64(54-19-7-4-8-20-54)60-25-11-9-21-58(60)59-22-10-12-26-61(59)64/h3-26,29-40,45,47H,1,27-28,41-43H2,2H3. The van der Waals surface area contributed by atoms with Crippen LogP contribution < -0.4 is 4.90 Å². The second kappa shape index (κ2) is 17.0. The first-order valence-corrected chi connectivity index (χ1v) is 24.6. The molecule has 9 aromatic carbocycles. The molecule has 0 amide bonds. The summed E-state index contributed by atoms with van der Waals surface area (Å²) in [6, 6.07) is 81.6. The van der Waals surface area contributed by atoms with E-state index in [1.54, 1.807) is 0 Å². The van der Waals surface area contributed by atoms with Crippen molar-refractivity contribution in [3.8, 4) is 33.4 Å². The summed E-state index contributed by atoms with van der Waals surface area (Å²) < 4.78 is 0. The van der Waals surface area contributed by atoms with Crippen molar-refractivity contribution >= 4 is 37.9 Å². The minimum atomic E-state index is -1.74. The molecule has 1 saturated carbocycles. The van der Waals surface area contributed by atoms with E-state index in [4.69, 9.17) is 0 Å². The van der Waals surface area contributed by atoms with Crippen LogP contribution in [0.15, 0.2) is 250 Å². The van der Waals surface area contributed by atoms with Crippen LogP contribution in [0.25, 0.3) is 44.2 Å². The zero-order chi connectivity index (χ0) is 43.0. The highest BCUT2D eigenvalue weighted by molar-refractivity contribution is 8.34. The highest BCUT2D eigenvalue weighted by Crippen LogP contribution is 2.79. The molecule has 2 unspecified atom stereocenters. The highest BCUT2D eigenvalue weighted by Gasteiger charge is 2.41. The van der Waals surface area contributed by atoms with E-state index in [1.807, 2.05) is 0 Å². The van der Waals surface area contributed by atoms with E-state index in [-0.39, 0.29) is 0 Å². The molecule has 0 N–H and O–H groups in total. The topological polar surface area (TPSA) is 3.24 Å². The third-order valence-corrected chi connectivity index (χ3v) is 17.7. The van der Waals surface area contributed by atoms with Gasteiger partial charge in [-0.15, -0.1) is 10.0 Å². The molecule has 0 saturated heterocycles. The predicted octanol–water partition coefficient (Wildman–Crippen LogP) is 17.9. The summed E-state index contributed by atoms with van der Waals surface area (Å²) >= 11 is 0. The number of fused-ring (bicyclic) bond motifs is 4. The molecule has 1 heterocycles. The molecule has 1 aliphatic heterocycles. The monoisotopic (exact) mass is 843 g/mol. The lowest BCUT2D eigenvalue weighted by molar-refractivity contribution is 0.321. The predicted molar refractivity (Wildman–Crippen MR) is 272 cm³/mol. The third-order valence-electron chi connectivity index (χ3n) is 13.7. The average molecular weight is 844 g/mol. The fraction of sp³-hybridized carbons (Fsp3) is 0.129. The van der Waals surface area contributed by atoms with Crippen molar-refractivity contribution in [2.45, 2.75) is 58.6 Å². The van der Waals surface area contributed by atoms with Gasteiger partial charge >= 0.3 is 0 Å². The third kappa shape index (κ3) is 7.17. The van der Waals surface area contributed by atoms with Crippen LogP contribution in [-0.4, -0.2) is 0 Å². The number of benzene rings is 9. The van der Waals surface area contributed by atoms with Crippen LogP contribution in [0.4, 0.5) is 17.1 Å². The lowest BCUT2D eigenvalue weighted by atomic mass is 9.77. The maximum absolute atomic E-state index is 4.37. The van der Waals surface area contributed by atoms with Gasteiger partial charge in [0.25, 0.3) is 0 Å². The quantitative estimate of drug-likeness (QED) is 0.124. The van der Waals surface area contributed by atoms with E-state index in [9.17, 15) is 0 Å². The van der Waals surface area contributed by atoms with Gasteiger partial charge in [0, 0.05) is 36.6 Å². The Kier molecular flexibility index (Phi) is 10.6. The van der Waals surface area contributed by atoms with Crippen molar-refractivity contribution in [2.75, 3.05) is 4.90 Å². The van der Waals surface area contributed by atoms with Crippen molar-refractivity contribution in [1.29, 1.82) is 0 Å². The molecule has 2 heteroatoms. The van der Waals surface area contributed by atoms with Gasteiger partial charge in [0.2, 0.25) is 0 Å². The zero-order valence-corrected chi connectivity index (χ0v) is 37.4. The van der Waals surface area contributed by atoms with Crippen LogP contribution in [0.2, 0.25) is 0 Å². The number of hydrogen-bond acceptors (Lipinski definition) is 1. The van der Waals surface area contributed by atoms with Crippen molar-refractivity contribution < 1.29 is 0 Å². The fourth-order valence-electron chi connectivity index (χ4n) is 10.9. The summed E-state index contributed by atoms with van der Waals surface area (Å²) in [5.41, 5.74) is 13.9. The van der Waals surface area contributed by atoms with Gasteiger partial charge in [-0.3, -0.25) is 0 Å². The molecule has 0 spiro atoms. The van der Waals surface area contributed by atoms with Crippen LogP contribution in [-0.2, 0) is 6.42 Å². The van der Waals surface area contributed by atoms with Crippen LogP contribution in [0.3, 0.4) is 0 Å². The van der Waals surface area contributed by atoms with Gasteiger partial charge in [0.15, 0.2) is 0 Å². The van der Waals surface area contributed by atoms with Gasteiger partial charge in [0.1, 0.15) is 0 Å². The molecule has 2 atom stereocenters. The van der Waals surface area contributed by atoms with E-state index < -0.39 is 10.0 Å². The lowest BCUT2D eigenvalue weighted by Gasteiger charge is -2.39. The summed E-state index contributed by atoms with van der Waals surface area (Å²) in [4.78, 5) is 7.96. The number of hydrogen-bond donors (Lipinski definition) is 0. The maximum atomic E-state index is 4.37. The van der Waals surface area contributed by atoms with Gasteiger partial charge < -0.3 is 4.90 Å². The average Bonchev–Trinajstić information content (AvgIpc) is 3.65. The van der Waals surface area contributed by atoms with Crippen LogP contribution in [0.1, 0.15) is 38.2 Å². The van der Waals surface area contributed by atoms with Gasteiger partial charge in [-0.25, -0.2) is 0 Å². The SMILES string of the molecule is C=C1CC(C)CC(CCc2ccc(N(c3ccc(-c4cccc5cccc(-c6ccccc6)c45)cc3)c3ccc(S4(c5ccccc5)c5ccccc5-c5ccccc54)cc3)cc2)C1. The molecule has 64 heavy (non-hydrogen) atoms. The van der Waals surface area contributed by atoms with Crippen molar-refractivity contribution in [2.24, 2.45) is 11.8 Å². The second-order valence-electron chi connectivity index (χ2n) is 17.9. The van der Waals surface area contributed by atoms with Crippen molar-refractivity contribution in [3.63, 3.8) is 0 Å². The molecule has 1 fully saturated rings. The Hall–Kier alpha value is -6.87. The molecule has 0 aromatic heterocycles. The fourth-order valence-corrected chi connectivity index (χ4v) is 15.1. The van der Waals surface area contributed by atoms with E-state index in [0.29, 0.717) is 0 Å². The number of nitrogens with zero attached hydrogens (tertiary/aromatic N) is 1. The molecule has 1 nitrogen and oxygen atoms in total. The summed E-state index contributed by atoms with van der Waals surface area (Å²) in [6.07, 6.45) is 5.99. The first kappa shape index (κ1) is 39.9. The van der Waals surface area contributed by atoms with Gasteiger partial charge in [-0.05, 0) is 166 Å². The van der Waals surface area contributed by atoms with Gasteiger partial charge in [0.05, 0.1) is 0 Å².